The van der Waals surface area contributed by atoms with Crippen LogP contribution in [0.25, 0.3) is 0 Å². The molecule has 0 N–H and O–H groups in total. The number of aromatic nitrogens is 2. The van der Waals surface area contributed by atoms with Crippen LogP contribution >= 0.6 is 0 Å². The van der Waals surface area contributed by atoms with Crippen molar-refractivity contribution in [2.24, 2.45) is 4.99 Å². The van der Waals surface area contributed by atoms with E-state index in [4.69, 9.17) is 9.47 Å². The van der Waals surface area contributed by atoms with Gasteiger partial charge in [0.05, 0.1) is 26.1 Å². The molecule has 238 valence electrons. The first kappa shape index (κ1) is 37.9. The number of nitrogens with zero attached hydrogens (tertiary/aromatic N) is 3. The Balaban J connectivity index is 0.000000422. The number of hydrogen-bond donors (Lipinski definition) is 0. The number of rotatable bonds is 4. The number of hydrogen-bond acceptors (Lipinski definition) is 7. The van der Waals surface area contributed by atoms with Crippen molar-refractivity contribution in [2.75, 3.05) is 14.2 Å². The van der Waals surface area contributed by atoms with Gasteiger partial charge < -0.3 is 19.7 Å². The molecule has 0 saturated heterocycles. The van der Waals surface area contributed by atoms with Gasteiger partial charge in [0.2, 0.25) is 0 Å². The Kier molecular flexibility index (Phi) is 12.4. The van der Waals surface area contributed by atoms with Gasteiger partial charge in [0, 0.05) is 12.4 Å². The van der Waals surface area contributed by atoms with Gasteiger partial charge in [-0.1, -0.05) is 95.2 Å². The molecule has 1 aromatic heterocycles. The van der Waals surface area contributed by atoms with E-state index in [0.29, 0.717) is 28.5 Å². The number of ether oxygens (including phenoxy) is 2. The molecule has 0 radical (unpaired) electrons. The Morgan fingerprint density at radius 1 is 0.674 bits per heavy atom. The molecule has 0 aliphatic rings. The van der Waals surface area contributed by atoms with Crippen LogP contribution in [0.15, 0.2) is 41.7 Å². The maximum Gasteiger partial charge on any atom is 2.00 e. The first-order chi connectivity index (χ1) is 19.1. The maximum atomic E-state index is 12.5. The second-order valence-electron chi connectivity index (χ2n) is 14.6. The standard InChI is InChI=1S/C19H25N3.C16H26O4.Ni/c1-18(2,3)14-8-9-15(19(4,5)6)16(12-14)22-13-17-20-10-7-11-21-17;1-15(2,3)9-11(17)12(18)10(16(4,5)6)14(20-8)13(9)19-7;/h7-13H,1-6H3;17-18H,1-8H3;/q;;+2/p-2. The van der Waals surface area contributed by atoms with E-state index >= 15 is 0 Å². The van der Waals surface area contributed by atoms with E-state index < -0.39 is 22.3 Å². The molecule has 0 aliphatic carbocycles. The van der Waals surface area contributed by atoms with Gasteiger partial charge in [-0.05, 0) is 56.0 Å². The summed E-state index contributed by atoms with van der Waals surface area (Å²) in [6.07, 6.45) is 5.19. The van der Waals surface area contributed by atoms with Crippen LogP contribution in [0.1, 0.15) is 111 Å². The van der Waals surface area contributed by atoms with Crippen LogP contribution in [-0.4, -0.2) is 30.4 Å². The zero-order valence-corrected chi connectivity index (χ0v) is 29.3. The predicted molar refractivity (Wildman–Crippen MR) is 169 cm³/mol. The molecule has 0 saturated carbocycles. The zero-order valence-electron chi connectivity index (χ0n) is 28.3. The average molecular weight is 634 g/mol. The minimum absolute atomic E-state index is 0. The summed E-state index contributed by atoms with van der Waals surface area (Å²) in [5, 5.41) is 25.0. The molecule has 3 aromatic rings. The van der Waals surface area contributed by atoms with E-state index in [-0.39, 0.29) is 27.3 Å². The number of benzene rings is 2. The molecule has 0 unspecified atom stereocenters. The summed E-state index contributed by atoms with van der Waals surface area (Å²) < 4.78 is 10.8. The Labute approximate surface area is 269 Å². The van der Waals surface area contributed by atoms with Crippen LogP contribution in [0, 0.1) is 0 Å². The minimum atomic E-state index is -0.500. The van der Waals surface area contributed by atoms with Crippen molar-refractivity contribution >= 4 is 11.9 Å². The molecule has 1 heterocycles. The molecule has 0 spiro atoms. The molecule has 0 atom stereocenters. The third-order valence-electron chi connectivity index (χ3n) is 6.81. The van der Waals surface area contributed by atoms with Crippen LogP contribution < -0.4 is 19.7 Å². The fourth-order valence-electron chi connectivity index (χ4n) is 4.66. The van der Waals surface area contributed by atoms with Gasteiger partial charge in [-0.3, -0.25) is 4.99 Å². The van der Waals surface area contributed by atoms with Crippen molar-refractivity contribution in [3.05, 3.63) is 64.7 Å². The Morgan fingerprint density at radius 3 is 1.47 bits per heavy atom. The molecule has 43 heavy (non-hydrogen) atoms. The van der Waals surface area contributed by atoms with Crippen LogP contribution in [-0.2, 0) is 38.2 Å². The summed E-state index contributed by atoms with van der Waals surface area (Å²) >= 11 is 0. The van der Waals surface area contributed by atoms with Gasteiger partial charge >= 0.3 is 16.5 Å². The van der Waals surface area contributed by atoms with E-state index in [9.17, 15) is 10.2 Å². The monoisotopic (exact) mass is 633 g/mol. The van der Waals surface area contributed by atoms with Gasteiger partial charge in [-0.25, -0.2) is 9.97 Å². The molecule has 7 nitrogen and oxygen atoms in total. The van der Waals surface area contributed by atoms with Crippen molar-refractivity contribution in [3.8, 4) is 23.0 Å². The van der Waals surface area contributed by atoms with Gasteiger partial charge in [0.1, 0.15) is 0 Å². The molecule has 2 aromatic carbocycles. The quantitative estimate of drug-likeness (QED) is 0.221. The first-order valence-electron chi connectivity index (χ1n) is 14.3. The molecule has 0 bridgehead atoms. The smallest absolute Gasteiger partial charge is 0.873 e. The van der Waals surface area contributed by atoms with Crippen LogP contribution in [0.3, 0.4) is 0 Å². The second kappa shape index (κ2) is 14.1. The normalized spacial score (nSPS) is 12.3. The molecule has 0 amide bonds. The van der Waals surface area contributed by atoms with Gasteiger partial charge in [-0.2, -0.15) is 0 Å². The summed E-state index contributed by atoms with van der Waals surface area (Å²) in [6, 6.07) is 8.38. The third kappa shape index (κ3) is 9.43. The average Bonchev–Trinajstić information content (AvgIpc) is 2.86. The summed E-state index contributed by atoms with van der Waals surface area (Å²) in [5.41, 5.74) is 3.40. The van der Waals surface area contributed by atoms with Crippen molar-refractivity contribution in [1.29, 1.82) is 0 Å². The largest absolute Gasteiger partial charge is 2.00 e. The summed E-state index contributed by atoms with van der Waals surface area (Å²) in [6.45, 7) is 24.5. The summed E-state index contributed by atoms with van der Waals surface area (Å²) in [5.74, 6) is 0.368. The van der Waals surface area contributed by atoms with Crippen LogP contribution in [0.2, 0.25) is 0 Å². The molecule has 0 aliphatic heterocycles. The van der Waals surface area contributed by atoms with E-state index in [1.807, 2.05) is 41.5 Å². The van der Waals surface area contributed by atoms with E-state index in [1.54, 1.807) is 24.7 Å². The van der Waals surface area contributed by atoms with Crippen LogP contribution in [0.5, 0.6) is 23.0 Å². The number of methoxy groups -OCH3 is 2. The van der Waals surface area contributed by atoms with Gasteiger partial charge in [0.25, 0.3) is 0 Å². The molecular weight excluding hydrogens is 585 g/mol. The van der Waals surface area contributed by atoms with Gasteiger partial charge in [-0.15, -0.1) is 11.5 Å². The fraction of sp³-hybridized carbons (Fsp3) is 0.514. The molecule has 3 rings (SSSR count). The SMILES string of the molecule is CC(C)(C)c1ccc(C(C)(C)C)c(N=Cc2ncccn2)c1.COc1c(OC)c(C(C)(C)C)c([O-])c([O-])c1C(C)(C)C.[Ni+2]. The topological polar surface area (TPSA) is 103 Å². The predicted octanol–water partition coefficient (Wildman–Crippen LogP) is 7.27. The van der Waals surface area contributed by atoms with Gasteiger partial charge in [0.15, 0.2) is 17.3 Å². The zero-order chi connectivity index (χ0) is 32.3. The Bertz CT molecular complexity index is 1350. The van der Waals surface area contributed by atoms with E-state index in [0.717, 1.165) is 5.69 Å². The van der Waals surface area contributed by atoms with E-state index in [2.05, 4.69) is 74.7 Å². The van der Waals surface area contributed by atoms with Crippen molar-refractivity contribution in [1.82, 2.24) is 9.97 Å². The first-order valence-corrected chi connectivity index (χ1v) is 14.3. The molecule has 8 heteroatoms. The summed E-state index contributed by atoms with van der Waals surface area (Å²) in [7, 11) is 2.98. The Morgan fingerprint density at radius 2 is 1.12 bits per heavy atom. The van der Waals surface area contributed by atoms with E-state index in [1.165, 1.54) is 25.3 Å². The van der Waals surface area contributed by atoms with Crippen molar-refractivity contribution in [3.63, 3.8) is 0 Å². The van der Waals surface area contributed by atoms with Crippen molar-refractivity contribution < 1.29 is 36.2 Å². The third-order valence-corrected chi connectivity index (χ3v) is 6.81. The van der Waals surface area contributed by atoms with Crippen molar-refractivity contribution in [2.45, 2.75) is 105 Å². The minimum Gasteiger partial charge on any atom is -0.873 e. The second-order valence-corrected chi connectivity index (χ2v) is 14.6. The molecular formula is C35H49N3NiO4. The molecule has 0 fully saturated rings. The van der Waals surface area contributed by atoms with Crippen LogP contribution in [0.4, 0.5) is 5.69 Å². The fourth-order valence-corrected chi connectivity index (χ4v) is 4.66. The summed E-state index contributed by atoms with van der Waals surface area (Å²) in [4.78, 5) is 13.1. The maximum absolute atomic E-state index is 12.5. The Hall–Kier alpha value is -3.12. The number of aliphatic imine (C=N–C) groups is 1.